The van der Waals surface area contributed by atoms with Crippen LogP contribution in [0.3, 0.4) is 0 Å². The Hall–Kier alpha value is -0.690. The summed E-state index contributed by atoms with van der Waals surface area (Å²) in [6.45, 7) is 4.91. The van der Waals surface area contributed by atoms with E-state index in [9.17, 15) is 4.79 Å². The number of nitrogens with one attached hydrogen (secondary N) is 2. The summed E-state index contributed by atoms with van der Waals surface area (Å²) >= 11 is 0. The fourth-order valence-electron chi connectivity index (χ4n) is 2.25. The Morgan fingerprint density at radius 2 is 1.94 bits per heavy atom. The maximum absolute atomic E-state index is 12.1. The second-order valence-electron chi connectivity index (χ2n) is 4.81. The molecule has 0 aromatic rings. The largest absolute Gasteiger partial charge is 0.379 e. The quantitative estimate of drug-likeness (QED) is 0.631. The molecule has 0 radical (unpaired) electrons. The topological polar surface area (TPSA) is 56.8 Å². The van der Waals surface area contributed by atoms with Gasteiger partial charge in [0.2, 0.25) is 5.91 Å². The average Bonchev–Trinajstić information content (AvgIpc) is 2.80. The summed E-state index contributed by atoms with van der Waals surface area (Å²) < 4.78 is 5.34. The van der Waals surface area contributed by atoms with Gasteiger partial charge in [0.1, 0.15) is 0 Å². The van der Waals surface area contributed by atoms with E-state index in [0.29, 0.717) is 13.2 Å². The number of piperazine rings is 1. The van der Waals surface area contributed by atoms with Crippen molar-refractivity contribution < 1.29 is 9.53 Å². The number of likely N-dealkylation sites (N-methyl/N-ethyl adjacent to an activating group) is 2. The molecule has 0 aromatic carbocycles. The van der Waals surface area contributed by atoms with Gasteiger partial charge in [0.15, 0.2) is 0 Å². The average molecular weight is 242 g/mol. The first kappa shape index (κ1) is 12.8. The predicted octanol–water partition coefficient (Wildman–Crippen LogP) is -1.50. The molecule has 2 unspecified atom stereocenters. The molecule has 2 heterocycles. The van der Waals surface area contributed by atoms with Gasteiger partial charge in [-0.1, -0.05) is 0 Å². The monoisotopic (exact) mass is 242 g/mol. The minimum atomic E-state index is -0.0698. The molecular weight excluding hydrogens is 220 g/mol. The second kappa shape index (κ2) is 5.77. The molecule has 2 aliphatic heterocycles. The summed E-state index contributed by atoms with van der Waals surface area (Å²) in [7, 11) is 3.97. The van der Waals surface area contributed by atoms with Crippen LogP contribution in [0.1, 0.15) is 0 Å². The lowest BCUT2D eigenvalue weighted by Gasteiger charge is -2.33. The molecule has 2 rings (SSSR count). The number of carbonyl (C=O) groups is 1. The van der Waals surface area contributed by atoms with Crippen LogP contribution in [0.5, 0.6) is 0 Å². The molecule has 17 heavy (non-hydrogen) atoms. The lowest BCUT2D eigenvalue weighted by Crippen LogP contribution is -2.55. The summed E-state index contributed by atoms with van der Waals surface area (Å²) in [5, 5.41) is 5.13. The van der Waals surface area contributed by atoms with Gasteiger partial charge in [0.05, 0.1) is 19.1 Å². The number of ether oxygens (including phenoxy) is 1. The van der Waals surface area contributed by atoms with Crippen LogP contribution >= 0.6 is 0 Å². The van der Waals surface area contributed by atoms with Crippen LogP contribution in [0.4, 0.5) is 0 Å². The Morgan fingerprint density at radius 3 is 2.59 bits per heavy atom. The molecule has 6 heteroatoms. The van der Waals surface area contributed by atoms with Gasteiger partial charge in [0, 0.05) is 32.2 Å². The van der Waals surface area contributed by atoms with Gasteiger partial charge in [-0.2, -0.15) is 0 Å². The van der Waals surface area contributed by atoms with E-state index in [1.165, 1.54) is 0 Å². The van der Waals surface area contributed by atoms with Crippen molar-refractivity contribution in [3.05, 3.63) is 0 Å². The standard InChI is InChI=1S/C11H22N4O2/c1-12-10-8-17-7-9(10)11(16)13-15-5-3-14(2)4-6-15/h9-10,12H,3-8H2,1-2H3,(H,13,16). The van der Waals surface area contributed by atoms with Crippen molar-refractivity contribution in [1.82, 2.24) is 20.7 Å². The smallest absolute Gasteiger partial charge is 0.241 e. The van der Waals surface area contributed by atoms with Gasteiger partial charge in [-0.05, 0) is 14.1 Å². The highest BCUT2D eigenvalue weighted by Crippen LogP contribution is 2.13. The van der Waals surface area contributed by atoms with Crippen molar-refractivity contribution >= 4 is 5.91 Å². The Balaban J connectivity index is 1.80. The lowest BCUT2D eigenvalue weighted by molar-refractivity contribution is -0.131. The normalized spacial score (nSPS) is 31.6. The minimum Gasteiger partial charge on any atom is -0.379 e. The van der Waals surface area contributed by atoms with Crippen molar-refractivity contribution in [3.63, 3.8) is 0 Å². The maximum atomic E-state index is 12.1. The molecule has 0 aliphatic carbocycles. The molecule has 2 fully saturated rings. The number of nitrogens with zero attached hydrogens (tertiary/aromatic N) is 2. The van der Waals surface area contributed by atoms with Crippen LogP contribution in [0.15, 0.2) is 0 Å². The van der Waals surface area contributed by atoms with Crippen molar-refractivity contribution in [3.8, 4) is 0 Å². The number of hydrazine groups is 1. The maximum Gasteiger partial charge on any atom is 0.241 e. The van der Waals surface area contributed by atoms with E-state index in [1.807, 2.05) is 12.1 Å². The summed E-state index contributed by atoms with van der Waals surface area (Å²) in [6.07, 6.45) is 0. The van der Waals surface area contributed by atoms with E-state index in [0.717, 1.165) is 26.2 Å². The first-order valence-electron chi connectivity index (χ1n) is 6.19. The summed E-state index contributed by atoms with van der Waals surface area (Å²) in [6, 6.07) is 0.141. The van der Waals surface area contributed by atoms with Gasteiger partial charge in [-0.25, -0.2) is 5.01 Å². The molecule has 2 aliphatic rings. The number of carbonyl (C=O) groups excluding carboxylic acids is 1. The fraction of sp³-hybridized carbons (Fsp3) is 0.909. The third-order valence-electron chi connectivity index (χ3n) is 3.56. The first-order chi connectivity index (χ1) is 8.20. The summed E-state index contributed by atoms with van der Waals surface area (Å²) in [4.78, 5) is 14.3. The molecular formula is C11H22N4O2. The van der Waals surface area contributed by atoms with Gasteiger partial charge in [-0.3, -0.25) is 10.2 Å². The van der Waals surface area contributed by atoms with E-state index in [1.54, 1.807) is 0 Å². The van der Waals surface area contributed by atoms with Crippen LogP contribution in [0, 0.1) is 5.92 Å². The van der Waals surface area contributed by atoms with Crippen molar-refractivity contribution in [1.29, 1.82) is 0 Å². The highest BCUT2D eigenvalue weighted by Gasteiger charge is 2.33. The number of hydrogen-bond acceptors (Lipinski definition) is 5. The van der Waals surface area contributed by atoms with Crippen molar-refractivity contribution in [2.75, 3.05) is 53.5 Å². The van der Waals surface area contributed by atoms with Crippen molar-refractivity contribution in [2.45, 2.75) is 6.04 Å². The predicted molar refractivity (Wildman–Crippen MR) is 64.4 cm³/mol. The zero-order valence-electron chi connectivity index (χ0n) is 10.6. The van der Waals surface area contributed by atoms with E-state index in [2.05, 4.69) is 22.7 Å². The van der Waals surface area contributed by atoms with E-state index in [4.69, 9.17) is 4.74 Å². The van der Waals surface area contributed by atoms with E-state index in [-0.39, 0.29) is 17.9 Å². The molecule has 0 aromatic heterocycles. The number of hydrogen-bond donors (Lipinski definition) is 2. The molecule has 2 atom stereocenters. The number of amides is 1. The van der Waals surface area contributed by atoms with Crippen LogP contribution in [0.2, 0.25) is 0 Å². The molecule has 2 N–H and O–H groups in total. The molecule has 1 amide bonds. The second-order valence-corrected chi connectivity index (χ2v) is 4.81. The molecule has 0 bridgehead atoms. The fourth-order valence-corrected chi connectivity index (χ4v) is 2.25. The molecule has 6 nitrogen and oxygen atoms in total. The Morgan fingerprint density at radius 1 is 1.24 bits per heavy atom. The highest BCUT2D eigenvalue weighted by molar-refractivity contribution is 5.79. The molecule has 98 valence electrons. The highest BCUT2D eigenvalue weighted by atomic mass is 16.5. The van der Waals surface area contributed by atoms with Crippen LogP contribution in [-0.2, 0) is 9.53 Å². The summed E-state index contributed by atoms with van der Waals surface area (Å²) in [5.41, 5.74) is 2.99. The van der Waals surface area contributed by atoms with Crippen LogP contribution < -0.4 is 10.7 Å². The Kier molecular flexibility index (Phi) is 4.33. The van der Waals surface area contributed by atoms with E-state index < -0.39 is 0 Å². The Bertz CT molecular complexity index is 266. The first-order valence-corrected chi connectivity index (χ1v) is 6.19. The van der Waals surface area contributed by atoms with Gasteiger partial charge < -0.3 is 15.0 Å². The van der Waals surface area contributed by atoms with Gasteiger partial charge in [-0.15, -0.1) is 0 Å². The Labute approximate surface area is 102 Å². The van der Waals surface area contributed by atoms with Crippen LogP contribution in [-0.4, -0.2) is 75.3 Å². The lowest BCUT2D eigenvalue weighted by atomic mass is 10.0. The van der Waals surface area contributed by atoms with E-state index >= 15 is 0 Å². The zero-order valence-corrected chi connectivity index (χ0v) is 10.6. The zero-order chi connectivity index (χ0) is 12.3. The molecule has 0 saturated carbocycles. The minimum absolute atomic E-state index is 0.0698. The molecule has 2 saturated heterocycles. The SMILES string of the molecule is CNC1COCC1C(=O)NN1CCN(C)CC1. The third kappa shape index (κ3) is 3.16. The van der Waals surface area contributed by atoms with Gasteiger partial charge >= 0.3 is 0 Å². The molecule has 0 spiro atoms. The number of rotatable bonds is 3. The van der Waals surface area contributed by atoms with Crippen molar-refractivity contribution in [2.24, 2.45) is 5.92 Å². The van der Waals surface area contributed by atoms with Gasteiger partial charge in [0.25, 0.3) is 0 Å². The summed E-state index contributed by atoms with van der Waals surface area (Å²) in [5.74, 6) is 0.00561. The van der Waals surface area contributed by atoms with Crippen LogP contribution in [0.25, 0.3) is 0 Å². The third-order valence-corrected chi connectivity index (χ3v) is 3.56.